The molecule has 1 saturated carbocycles. The fraction of sp³-hybridized carbons (Fsp3) is 1.00. The highest BCUT2D eigenvalue weighted by atomic mass is 16.5. The molecule has 0 aromatic carbocycles. The van der Waals surface area contributed by atoms with Crippen LogP contribution in [0.1, 0.15) is 80.1 Å². The van der Waals surface area contributed by atoms with Crippen LogP contribution >= 0.6 is 0 Å². The average molecular weight is 298 g/mol. The molecule has 0 heterocycles. The van der Waals surface area contributed by atoms with Gasteiger partial charge in [-0.3, -0.25) is 0 Å². The van der Waals surface area contributed by atoms with E-state index in [4.69, 9.17) is 4.74 Å². The second-order valence-corrected chi connectivity index (χ2v) is 7.84. The summed E-state index contributed by atoms with van der Waals surface area (Å²) in [5.74, 6) is 1.66. The molecule has 0 bridgehead atoms. The summed E-state index contributed by atoms with van der Waals surface area (Å²) >= 11 is 0. The van der Waals surface area contributed by atoms with Crippen LogP contribution in [0.5, 0.6) is 0 Å². The van der Waals surface area contributed by atoms with Gasteiger partial charge in [0.25, 0.3) is 0 Å². The third kappa shape index (κ3) is 5.56. The van der Waals surface area contributed by atoms with Crippen LogP contribution in [-0.4, -0.2) is 25.3 Å². The molecule has 1 N–H and O–H groups in total. The largest absolute Gasteiger partial charge is 0.376 e. The number of rotatable bonds is 8. The molecule has 0 aromatic heterocycles. The van der Waals surface area contributed by atoms with Crippen LogP contribution in [0.25, 0.3) is 0 Å². The predicted molar refractivity (Wildman–Crippen MR) is 92.7 cm³/mol. The smallest absolute Gasteiger partial charge is 0.0778 e. The number of hydrogen-bond donors (Lipinski definition) is 1. The van der Waals surface area contributed by atoms with Gasteiger partial charge in [-0.1, -0.05) is 60.3 Å². The van der Waals surface area contributed by atoms with Gasteiger partial charge in [-0.25, -0.2) is 0 Å². The highest BCUT2D eigenvalue weighted by Gasteiger charge is 2.40. The summed E-state index contributed by atoms with van der Waals surface area (Å²) in [6.07, 6.45) is 8.43. The van der Waals surface area contributed by atoms with Crippen LogP contribution in [-0.2, 0) is 4.74 Å². The van der Waals surface area contributed by atoms with Crippen molar-refractivity contribution in [2.45, 2.75) is 92.2 Å². The van der Waals surface area contributed by atoms with E-state index < -0.39 is 0 Å². The topological polar surface area (TPSA) is 21.3 Å². The summed E-state index contributed by atoms with van der Waals surface area (Å²) in [4.78, 5) is 0. The molecule has 1 rings (SSSR count). The first-order chi connectivity index (χ1) is 9.95. The van der Waals surface area contributed by atoms with Crippen LogP contribution in [0, 0.1) is 17.3 Å². The minimum Gasteiger partial charge on any atom is -0.376 e. The Morgan fingerprint density at radius 2 is 1.76 bits per heavy atom. The van der Waals surface area contributed by atoms with E-state index in [9.17, 15) is 0 Å². The summed E-state index contributed by atoms with van der Waals surface area (Å²) in [5.41, 5.74) is 0.192. The maximum Gasteiger partial charge on any atom is 0.0778 e. The van der Waals surface area contributed by atoms with E-state index in [2.05, 4.69) is 46.9 Å². The molecular weight excluding hydrogens is 258 g/mol. The SMILES string of the molecule is CCCNC(C1CCCCC1CC)C(OCC)C(C)(C)C. The number of hydrogen-bond acceptors (Lipinski definition) is 2. The lowest BCUT2D eigenvalue weighted by molar-refractivity contribution is -0.0603. The van der Waals surface area contributed by atoms with Crippen molar-refractivity contribution < 1.29 is 4.74 Å². The van der Waals surface area contributed by atoms with Crippen LogP contribution in [0.2, 0.25) is 0 Å². The minimum atomic E-state index is 0.192. The van der Waals surface area contributed by atoms with Gasteiger partial charge in [0.05, 0.1) is 6.10 Å². The molecule has 2 heteroatoms. The van der Waals surface area contributed by atoms with Crippen molar-refractivity contribution >= 4 is 0 Å². The van der Waals surface area contributed by atoms with Crippen molar-refractivity contribution in [2.24, 2.45) is 17.3 Å². The van der Waals surface area contributed by atoms with Gasteiger partial charge in [-0.2, -0.15) is 0 Å². The molecule has 1 aliphatic carbocycles. The summed E-state index contributed by atoms with van der Waals surface area (Å²) in [6, 6.07) is 0.509. The van der Waals surface area contributed by atoms with Gasteiger partial charge in [0.2, 0.25) is 0 Å². The van der Waals surface area contributed by atoms with E-state index >= 15 is 0 Å². The van der Waals surface area contributed by atoms with Crippen LogP contribution in [0.3, 0.4) is 0 Å². The first-order valence-corrected chi connectivity index (χ1v) is 9.30. The second kappa shape index (κ2) is 9.15. The van der Waals surface area contributed by atoms with Gasteiger partial charge < -0.3 is 10.1 Å². The molecule has 0 amide bonds. The highest BCUT2D eigenvalue weighted by molar-refractivity contribution is 4.94. The second-order valence-electron chi connectivity index (χ2n) is 7.84. The Morgan fingerprint density at radius 1 is 1.10 bits per heavy atom. The fourth-order valence-corrected chi connectivity index (χ4v) is 4.08. The molecule has 0 aliphatic heterocycles. The maximum absolute atomic E-state index is 6.25. The molecule has 1 aliphatic rings. The molecule has 1 fully saturated rings. The van der Waals surface area contributed by atoms with E-state index in [0.29, 0.717) is 12.1 Å². The third-order valence-corrected chi connectivity index (χ3v) is 5.11. The molecular formula is C19H39NO. The molecule has 0 aromatic rings. The van der Waals surface area contributed by atoms with E-state index in [1.165, 1.54) is 38.5 Å². The summed E-state index contributed by atoms with van der Waals surface area (Å²) < 4.78 is 6.25. The van der Waals surface area contributed by atoms with E-state index in [0.717, 1.165) is 25.0 Å². The Bertz CT molecular complexity index is 271. The zero-order chi connectivity index (χ0) is 15.9. The molecule has 126 valence electrons. The van der Waals surface area contributed by atoms with Gasteiger partial charge in [0.1, 0.15) is 0 Å². The zero-order valence-electron chi connectivity index (χ0n) is 15.4. The Hall–Kier alpha value is -0.0800. The molecule has 0 saturated heterocycles. The van der Waals surface area contributed by atoms with E-state index in [-0.39, 0.29) is 5.41 Å². The third-order valence-electron chi connectivity index (χ3n) is 5.11. The summed E-state index contributed by atoms with van der Waals surface area (Å²) in [5, 5.41) is 3.87. The van der Waals surface area contributed by atoms with Gasteiger partial charge >= 0.3 is 0 Å². The van der Waals surface area contributed by atoms with Gasteiger partial charge in [-0.05, 0) is 43.6 Å². The van der Waals surface area contributed by atoms with Crippen LogP contribution in [0.4, 0.5) is 0 Å². The fourth-order valence-electron chi connectivity index (χ4n) is 4.08. The first-order valence-electron chi connectivity index (χ1n) is 9.30. The van der Waals surface area contributed by atoms with Crippen molar-refractivity contribution in [3.8, 4) is 0 Å². The molecule has 21 heavy (non-hydrogen) atoms. The normalized spacial score (nSPS) is 26.6. The molecule has 4 unspecified atom stereocenters. The lowest BCUT2D eigenvalue weighted by Gasteiger charge is -2.45. The van der Waals surface area contributed by atoms with E-state index in [1.54, 1.807) is 0 Å². The molecule has 0 radical (unpaired) electrons. The number of nitrogens with one attached hydrogen (secondary N) is 1. The average Bonchev–Trinajstić information content (AvgIpc) is 2.45. The van der Waals surface area contributed by atoms with E-state index in [1.807, 2.05) is 0 Å². The van der Waals surface area contributed by atoms with Gasteiger partial charge in [-0.15, -0.1) is 0 Å². The Balaban J connectivity index is 2.94. The predicted octanol–water partition coefficient (Wildman–Crippen LogP) is 5.02. The molecule has 4 atom stereocenters. The van der Waals surface area contributed by atoms with Crippen LogP contribution < -0.4 is 5.32 Å². The first kappa shape index (κ1) is 19.0. The Morgan fingerprint density at radius 3 is 2.29 bits per heavy atom. The van der Waals surface area contributed by atoms with Crippen molar-refractivity contribution in [3.05, 3.63) is 0 Å². The zero-order valence-corrected chi connectivity index (χ0v) is 15.4. The summed E-state index contributed by atoms with van der Waals surface area (Å²) in [6.45, 7) is 15.7. The number of ether oxygens (including phenoxy) is 1. The summed E-state index contributed by atoms with van der Waals surface area (Å²) in [7, 11) is 0. The maximum atomic E-state index is 6.25. The Kier molecular flexibility index (Phi) is 8.26. The highest BCUT2D eigenvalue weighted by Crippen LogP contribution is 2.39. The van der Waals surface area contributed by atoms with Crippen molar-refractivity contribution in [1.82, 2.24) is 5.32 Å². The minimum absolute atomic E-state index is 0.192. The Labute approximate surface area is 133 Å². The molecule has 0 spiro atoms. The van der Waals surface area contributed by atoms with Crippen LogP contribution in [0.15, 0.2) is 0 Å². The monoisotopic (exact) mass is 297 g/mol. The van der Waals surface area contributed by atoms with Crippen molar-refractivity contribution in [1.29, 1.82) is 0 Å². The van der Waals surface area contributed by atoms with Crippen molar-refractivity contribution in [2.75, 3.05) is 13.2 Å². The lowest BCUT2D eigenvalue weighted by Crippen LogP contribution is -2.54. The molecule has 2 nitrogen and oxygen atoms in total. The van der Waals surface area contributed by atoms with Crippen molar-refractivity contribution in [3.63, 3.8) is 0 Å². The quantitative estimate of drug-likeness (QED) is 0.679. The van der Waals surface area contributed by atoms with Gasteiger partial charge in [0, 0.05) is 12.6 Å². The lowest BCUT2D eigenvalue weighted by atomic mass is 9.69. The standard InChI is InChI=1S/C19H39NO/c1-7-14-20-17(18(21-9-3)19(4,5)6)16-13-11-10-12-15(16)8-2/h15-18,20H,7-14H2,1-6H3. The van der Waals surface area contributed by atoms with Gasteiger partial charge in [0.15, 0.2) is 0 Å².